The maximum absolute atomic E-state index is 13.1. The SMILES string of the molecule is O=C(NN=Cc1ccc(-c2ccc([N+](=O)[O-])cc2Br)o1)C(F)(F)C(F)(F)C(F)(F)F. The van der Waals surface area contributed by atoms with Crippen molar-refractivity contribution in [3.63, 3.8) is 0 Å². The van der Waals surface area contributed by atoms with Crippen molar-refractivity contribution in [1.29, 1.82) is 0 Å². The Kier molecular flexibility index (Phi) is 6.25. The number of halogens is 8. The number of nitrogens with one attached hydrogen (secondary N) is 1. The van der Waals surface area contributed by atoms with Crippen molar-refractivity contribution in [1.82, 2.24) is 5.43 Å². The Morgan fingerprint density at radius 1 is 1.13 bits per heavy atom. The molecule has 1 heterocycles. The van der Waals surface area contributed by atoms with E-state index in [0.717, 1.165) is 5.43 Å². The molecule has 7 nitrogen and oxygen atoms in total. The fraction of sp³-hybridized carbons (Fsp3) is 0.200. The molecule has 1 N–H and O–H groups in total. The summed E-state index contributed by atoms with van der Waals surface area (Å²) in [5.74, 6) is -15.8. The van der Waals surface area contributed by atoms with Gasteiger partial charge in [-0.25, -0.2) is 5.43 Å². The third kappa shape index (κ3) is 4.44. The van der Waals surface area contributed by atoms with Gasteiger partial charge in [-0.2, -0.15) is 35.8 Å². The van der Waals surface area contributed by atoms with Gasteiger partial charge < -0.3 is 4.42 Å². The van der Waals surface area contributed by atoms with Crippen LogP contribution < -0.4 is 5.43 Å². The average molecular weight is 506 g/mol. The molecule has 1 aromatic carbocycles. The van der Waals surface area contributed by atoms with E-state index in [1.54, 1.807) is 0 Å². The minimum Gasteiger partial charge on any atom is -0.455 e. The number of non-ortho nitro benzene ring substituents is 1. The van der Waals surface area contributed by atoms with E-state index in [-0.39, 0.29) is 21.7 Å². The van der Waals surface area contributed by atoms with Crippen LogP contribution in [0.15, 0.2) is 44.3 Å². The summed E-state index contributed by atoms with van der Waals surface area (Å²) in [6.07, 6.45) is -6.09. The van der Waals surface area contributed by atoms with E-state index in [1.165, 1.54) is 30.3 Å². The number of hydrazone groups is 1. The van der Waals surface area contributed by atoms with E-state index in [9.17, 15) is 45.6 Å². The number of hydrogen-bond acceptors (Lipinski definition) is 5. The van der Waals surface area contributed by atoms with Crippen LogP contribution >= 0.6 is 15.9 Å². The standard InChI is InChI=1S/C15H7BrF7N3O4/c16-10-5-7(26(28)29)1-3-9(10)11-4-2-8(30-11)6-24-25-12(27)13(17,18)14(19,20)15(21,22)23/h1-6H,(H,25,27). The van der Waals surface area contributed by atoms with Crippen LogP contribution in [-0.4, -0.2) is 35.1 Å². The molecule has 0 fully saturated rings. The highest BCUT2D eigenvalue weighted by Crippen LogP contribution is 2.46. The van der Waals surface area contributed by atoms with Gasteiger partial charge in [0.25, 0.3) is 5.69 Å². The summed E-state index contributed by atoms with van der Waals surface area (Å²) in [5, 5.41) is 13.6. The predicted octanol–water partition coefficient (Wildman–Crippen LogP) is 4.90. The molecule has 0 aliphatic rings. The van der Waals surface area contributed by atoms with Crippen LogP contribution in [0.1, 0.15) is 5.76 Å². The van der Waals surface area contributed by atoms with Crippen molar-refractivity contribution in [2.24, 2.45) is 5.10 Å². The highest BCUT2D eigenvalue weighted by Gasteiger charge is 2.76. The summed E-state index contributed by atoms with van der Waals surface area (Å²) in [6, 6.07) is 6.18. The molecule has 0 aliphatic carbocycles. The highest BCUT2D eigenvalue weighted by atomic mass is 79.9. The number of rotatable bonds is 6. The first-order valence-corrected chi connectivity index (χ1v) is 8.18. The Morgan fingerprint density at radius 2 is 1.77 bits per heavy atom. The van der Waals surface area contributed by atoms with Gasteiger partial charge in [0.15, 0.2) is 0 Å². The van der Waals surface area contributed by atoms with E-state index in [4.69, 9.17) is 4.42 Å². The average Bonchev–Trinajstić information content (AvgIpc) is 3.08. The number of benzene rings is 1. The van der Waals surface area contributed by atoms with E-state index >= 15 is 0 Å². The predicted molar refractivity (Wildman–Crippen MR) is 90.2 cm³/mol. The lowest BCUT2D eigenvalue weighted by Gasteiger charge is -2.26. The topological polar surface area (TPSA) is 97.7 Å². The third-order valence-electron chi connectivity index (χ3n) is 3.45. The first-order chi connectivity index (χ1) is 13.7. The summed E-state index contributed by atoms with van der Waals surface area (Å²) in [7, 11) is 0. The van der Waals surface area contributed by atoms with E-state index in [2.05, 4.69) is 21.0 Å². The Morgan fingerprint density at radius 3 is 2.30 bits per heavy atom. The monoisotopic (exact) mass is 505 g/mol. The van der Waals surface area contributed by atoms with Gasteiger partial charge in [-0.05, 0) is 34.1 Å². The first kappa shape index (κ1) is 23.3. The molecular formula is C15H7BrF7N3O4. The van der Waals surface area contributed by atoms with Crippen molar-refractivity contribution in [3.05, 3.63) is 50.7 Å². The number of furan rings is 1. The van der Waals surface area contributed by atoms with Crippen LogP contribution in [0.3, 0.4) is 0 Å². The Hall–Kier alpha value is -2.97. The summed E-state index contributed by atoms with van der Waals surface area (Å²) in [6.45, 7) is 0. The quantitative estimate of drug-likeness (QED) is 0.261. The lowest BCUT2D eigenvalue weighted by Crippen LogP contribution is -2.58. The second kappa shape index (κ2) is 8.04. The van der Waals surface area contributed by atoms with E-state index in [1.807, 2.05) is 0 Å². The lowest BCUT2D eigenvalue weighted by atomic mass is 10.1. The normalized spacial score (nSPS) is 12.9. The van der Waals surface area contributed by atoms with Crippen LogP contribution in [0.25, 0.3) is 11.3 Å². The van der Waals surface area contributed by atoms with Gasteiger partial charge in [-0.3, -0.25) is 14.9 Å². The molecule has 1 amide bonds. The van der Waals surface area contributed by atoms with Crippen molar-refractivity contribution >= 4 is 33.7 Å². The molecule has 0 saturated carbocycles. The minimum absolute atomic E-state index is 0.110. The number of nitro groups is 1. The van der Waals surface area contributed by atoms with Crippen LogP contribution in [0.4, 0.5) is 36.4 Å². The number of alkyl halides is 7. The first-order valence-electron chi connectivity index (χ1n) is 7.38. The second-order valence-electron chi connectivity index (χ2n) is 5.47. The van der Waals surface area contributed by atoms with Crippen LogP contribution in [0.5, 0.6) is 0 Å². The van der Waals surface area contributed by atoms with Gasteiger partial charge in [0.05, 0.1) is 11.1 Å². The largest absolute Gasteiger partial charge is 0.460 e. The van der Waals surface area contributed by atoms with Crippen molar-refractivity contribution in [2.45, 2.75) is 18.0 Å². The van der Waals surface area contributed by atoms with E-state index in [0.29, 0.717) is 11.8 Å². The number of carbonyl (C=O) groups excluding carboxylic acids is 1. The molecule has 2 aromatic rings. The summed E-state index contributed by atoms with van der Waals surface area (Å²) in [4.78, 5) is 21.1. The molecule has 162 valence electrons. The van der Waals surface area contributed by atoms with Gasteiger partial charge >= 0.3 is 23.9 Å². The number of nitrogens with zero attached hydrogens (tertiary/aromatic N) is 2. The second-order valence-corrected chi connectivity index (χ2v) is 6.32. The molecule has 15 heteroatoms. The molecule has 30 heavy (non-hydrogen) atoms. The number of amides is 1. The number of nitro benzene ring substituents is 1. The van der Waals surface area contributed by atoms with Crippen LogP contribution in [-0.2, 0) is 4.79 Å². The molecular weight excluding hydrogens is 499 g/mol. The molecule has 0 saturated heterocycles. The van der Waals surface area contributed by atoms with Crippen molar-refractivity contribution < 1.29 is 44.9 Å². The summed E-state index contributed by atoms with van der Waals surface area (Å²) >= 11 is 3.09. The molecule has 0 bridgehead atoms. The van der Waals surface area contributed by atoms with Gasteiger partial charge in [0.2, 0.25) is 0 Å². The van der Waals surface area contributed by atoms with Gasteiger partial charge in [-0.15, -0.1) is 0 Å². The fourth-order valence-electron chi connectivity index (χ4n) is 1.93. The van der Waals surface area contributed by atoms with Crippen LogP contribution in [0, 0.1) is 10.1 Å². The highest BCUT2D eigenvalue weighted by molar-refractivity contribution is 9.10. The molecule has 0 atom stereocenters. The third-order valence-corrected chi connectivity index (χ3v) is 4.11. The lowest BCUT2D eigenvalue weighted by molar-refractivity contribution is -0.384. The zero-order valence-corrected chi connectivity index (χ0v) is 15.6. The Labute approximate surface area is 169 Å². The zero-order chi connectivity index (χ0) is 22.9. The molecule has 0 radical (unpaired) electrons. The molecule has 0 aliphatic heterocycles. The summed E-state index contributed by atoms with van der Waals surface area (Å²) < 4.78 is 93.4. The Balaban J connectivity index is 2.13. The minimum atomic E-state index is -6.66. The summed E-state index contributed by atoms with van der Waals surface area (Å²) in [5.41, 5.74) is 0.996. The van der Waals surface area contributed by atoms with Gasteiger partial charge in [-0.1, -0.05) is 0 Å². The maximum Gasteiger partial charge on any atom is 0.460 e. The van der Waals surface area contributed by atoms with Crippen molar-refractivity contribution in [3.8, 4) is 11.3 Å². The van der Waals surface area contributed by atoms with Crippen molar-refractivity contribution in [2.75, 3.05) is 0 Å². The molecule has 0 spiro atoms. The molecule has 1 aromatic heterocycles. The van der Waals surface area contributed by atoms with Gasteiger partial charge in [0, 0.05) is 22.2 Å². The smallest absolute Gasteiger partial charge is 0.455 e. The maximum atomic E-state index is 13.1. The number of carbonyl (C=O) groups is 1. The van der Waals surface area contributed by atoms with Crippen LogP contribution in [0.2, 0.25) is 0 Å². The fourth-order valence-corrected chi connectivity index (χ4v) is 2.49. The Bertz CT molecular complexity index is 1000. The number of hydrogen-bond donors (Lipinski definition) is 1. The van der Waals surface area contributed by atoms with Gasteiger partial charge in [0.1, 0.15) is 11.5 Å². The molecule has 2 rings (SSSR count). The zero-order valence-electron chi connectivity index (χ0n) is 14.0. The van der Waals surface area contributed by atoms with E-state index < -0.39 is 28.9 Å². The molecule has 0 unspecified atom stereocenters.